The predicted octanol–water partition coefficient (Wildman–Crippen LogP) is 4.58. The zero-order chi connectivity index (χ0) is 12.4. The topological polar surface area (TPSA) is 36.7 Å². The molecule has 1 aromatic heterocycles. The van der Waals surface area contributed by atoms with Gasteiger partial charge >= 0.3 is 0 Å². The molecule has 5 heteroatoms. The number of hydrogen-bond acceptors (Lipinski definition) is 2. The van der Waals surface area contributed by atoms with E-state index in [4.69, 9.17) is 40.1 Å². The molecule has 0 aliphatic rings. The van der Waals surface area contributed by atoms with Gasteiger partial charge in [0.1, 0.15) is 11.2 Å². The van der Waals surface area contributed by atoms with Gasteiger partial charge < -0.3 is 0 Å². The van der Waals surface area contributed by atoms with Gasteiger partial charge in [-0.1, -0.05) is 34.8 Å². The largest absolute Gasteiger partial charge is 0.243 e. The SMILES string of the molecule is N#Cc1cc(-c2cc(Cl)ccc2Cl)cnc1Cl. The van der Waals surface area contributed by atoms with E-state index in [2.05, 4.69) is 4.98 Å². The molecule has 1 aromatic carbocycles. The Balaban J connectivity index is 2.61. The van der Waals surface area contributed by atoms with E-state index in [1.807, 2.05) is 6.07 Å². The summed E-state index contributed by atoms with van der Waals surface area (Å²) in [5.41, 5.74) is 1.73. The van der Waals surface area contributed by atoms with Gasteiger partial charge in [-0.2, -0.15) is 5.26 Å². The maximum absolute atomic E-state index is 8.88. The lowest BCUT2D eigenvalue weighted by atomic mass is 10.1. The van der Waals surface area contributed by atoms with Crippen molar-refractivity contribution < 1.29 is 0 Å². The average Bonchev–Trinajstić information content (AvgIpc) is 2.33. The summed E-state index contributed by atoms with van der Waals surface area (Å²) in [7, 11) is 0. The number of benzene rings is 1. The van der Waals surface area contributed by atoms with Gasteiger partial charge in [-0.15, -0.1) is 0 Å². The first kappa shape index (κ1) is 12.2. The zero-order valence-electron chi connectivity index (χ0n) is 8.42. The van der Waals surface area contributed by atoms with Crippen LogP contribution >= 0.6 is 34.8 Å². The van der Waals surface area contributed by atoms with Gasteiger partial charge in [0.25, 0.3) is 0 Å². The average molecular weight is 284 g/mol. The minimum atomic E-state index is 0.175. The molecule has 0 fully saturated rings. The molecule has 2 aromatic rings. The standard InChI is InChI=1S/C12H5Cl3N2/c13-9-1-2-11(14)10(4-9)8-3-7(5-16)12(15)17-6-8/h1-4,6H. The lowest BCUT2D eigenvalue weighted by Gasteiger charge is -2.05. The van der Waals surface area contributed by atoms with Crippen molar-refractivity contribution in [3.8, 4) is 17.2 Å². The van der Waals surface area contributed by atoms with Crippen LogP contribution in [-0.4, -0.2) is 4.98 Å². The van der Waals surface area contributed by atoms with Gasteiger partial charge in [-0.3, -0.25) is 0 Å². The van der Waals surface area contributed by atoms with Crippen LogP contribution in [-0.2, 0) is 0 Å². The number of pyridine rings is 1. The van der Waals surface area contributed by atoms with Crippen molar-refractivity contribution in [2.75, 3.05) is 0 Å². The first-order chi connectivity index (χ1) is 8.11. The summed E-state index contributed by atoms with van der Waals surface area (Å²) >= 11 is 17.7. The molecule has 0 radical (unpaired) electrons. The Hall–Kier alpha value is -1.27. The number of nitriles is 1. The second kappa shape index (κ2) is 4.93. The number of nitrogens with zero attached hydrogens (tertiary/aromatic N) is 2. The molecule has 2 nitrogen and oxygen atoms in total. The van der Waals surface area contributed by atoms with E-state index in [1.165, 1.54) is 0 Å². The Bertz CT molecular complexity index is 618. The summed E-state index contributed by atoms with van der Waals surface area (Å²) in [5, 5.41) is 10.2. The van der Waals surface area contributed by atoms with Gasteiger partial charge in [0.15, 0.2) is 0 Å². The third-order valence-corrected chi connectivity index (χ3v) is 3.06. The van der Waals surface area contributed by atoms with E-state index < -0.39 is 0 Å². The van der Waals surface area contributed by atoms with Crippen molar-refractivity contribution in [1.29, 1.82) is 5.26 Å². The third kappa shape index (κ3) is 2.53. The van der Waals surface area contributed by atoms with Crippen LogP contribution in [0.2, 0.25) is 15.2 Å². The van der Waals surface area contributed by atoms with E-state index in [-0.39, 0.29) is 5.15 Å². The van der Waals surface area contributed by atoms with E-state index >= 15 is 0 Å². The van der Waals surface area contributed by atoms with Crippen LogP contribution in [0.3, 0.4) is 0 Å². The van der Waals surface area contributed by atoms with E-state index in [1.54, 1.807) is 30.5 Å². The third-order valence-electron chi connectivity index (χ3n) is 2.20. The summed E-state index contributed by atoms with van der Waals surface area (Å²) in [6.45, 7) is 0. The number of halogens is 3. The molecule has 0 spiro atoms. The Morgan fingerprint density at radius 2 is 1.88 bits per heavy atom. The number of rotatable bonds is 1. The van der Waals surface area contributed by atoms with E-state index in [9.17, 15) is 0 Å². The number of aromatic nitrogens is 1. The Kier molecular flexibility index (Phi) is 3.54. The molecule has 0 unspecified atom stereocenters. The summed E-state index contributed by atoms with van der Waals surface area (Å²) in [4.78, 5) is 3.94. The van der Waals surface area contributed by atoms with Crippen molar-refractivity contribution in [3.63, 3.8) is 0 Å². The Morgan fingerprint density at radius 1 is 1.12 bits per heavy atom. The van der Waals surface area contributed by atoms with Crippen molar-refractivity contribution in [1.82, 2.24) is 4.98 Å². The second-order valence-electron chi connectivity index (χ2n) is 3.30. The first-order valence-corrected chi connectivity index (χ1v) is 5.76. The maximum Gasteiger partial charge on any atom is 0.146 e. The molecule has 0 atom stereocenters. The molecule has 1 heterocycles. The van der Waals surface area contributed by atoms with Gasteiger partial charge in [0, 0.05) is 27.4 Å². The van der Waals surface area contributed by atoms with Crippen LogP contribution < -0.4 is 0 Å². The van der Waals surface area contributed by atoms with Crippen LogP contribution in [0, 0.1) is 11.3 Å². The minimum absolute atomic E-state index is 0.175. The fourth-order valence-electron chi connectivity index (χ4n) is 1.39. The summed E-state index contributed by atoms with van der Waals surface area (Å²) < 4.78 is 0. The van der Waals surface area contributed by atoms with Crippen molar-refractivity contribution in [2.45, 2.75) is 0 Å². The number of hydrogen-bond donors (Lipinski definition) is 0. The van der Waals surface area contributed by atoms with Crippen LogP contribution in [0.25, 0.3) is 11.1 Å². The van der Waals surface area contributed by atoms with Crippen LogP contribution in [0.1, 0.15) is 5.56 Å². The van der Waals surface area contributed by atoms with Gasteiger partial charge in [-0.05, 0) is 24.3 Å². The van der Waals surface area contributed by atoms with Crippen LogP contribution in [0.4, 0.5) is 0 Å². The molecular formula is C12H5Cl3N2. The lowest BCUT2D eigenvalue weighted by Crippen LogP contribution is -1.87. The monoisotopic (exact) mass is 282 g/mol. The van der Waals surface area contributed by atoms with Gasteiger partial charge in [0.05, 0.1) is 5.56 Å². The molecule has 17 heavy (non-hydrogen) atoms. The molecule has 0 bridgehead atoms. The highest BCUT2D eigenvalue weighted by molar-refractivity contribution is 6.35. The second-order valence-corrected chi connectivity index (χ2v) is 4.50. The maximum atomic E-state index is 8.88. The van der Waals surface area contributed by atoms with Crippen molar-refractivity contribution in [3.05, 3.63) is 51.2 Å². The molecule has 0 amide bonds. The molecule has 2 rings (SSSR count). The van der Waals surface area contributed by atoms with Gasteiger partial charge in [0.2, 0.25) is 0 Å². The van der Waals surface area contributed by atoms with E-state index in [0.717, 1.165) is 5.56 Å². The van der Waals surface area contributed by atoms with Crippen molar-refractivity contribution in [2.24, 2.45) is 0 Å². The van der Waals surface area contributed by atoms with E-state index in [0.29, 0.717) is 21.2 Å². The van der Waals surface area contributed by atoms with Crippen LogP contribution in [0.15, 0.2) is 30.5 Å². The smallest absolute Gasteiger partial charge is 0.146 e. The Labute approximate surface area is 113 Å². The molecule has 0 saturated heterocycles. The lowest BCUT2D eigenvalue weighted by molar-refractivity contribution is 1.30. The highest BCUT2D eigenvalue weighted by Crippen LogP contribution is 2.31. The molecule has 84 valence electrons. The normalized spacial score (nSPS) is 10.0. The summed E-state index contributed by atoms with van der Waals surface area (Å²) in [6, 6.07) is 8.71. The highest BCUT2D eigenvalue weighted by Gasteiger charge is 2.08. The predicted molar refractivity (Wildman–Crippen MR) is 69.4 cm³/mol. The Morgan fingerprint density at radius 3 is 2.59 bits per heavy atom. The van der Waals surface area contributed by atoms with Crippen LogP contribution in [0.5, 0.6) is 0 Å². The quantitative estimate of drug-likeness (QED) is 0.718. The summed E-state index contributed by atoms with van der Waals surface area (Å²) in [5.74, 6) is 0. The van der Waals surface area contributed by atoms with Gasteiger partial charge in [-0.25, -0.2) is 4.98 Å². The fraction of sp³-hybridized carbons (Fsp3) is 0. The molecule has 0 N–H and O–H groups in total. The first-order valence-electron chi connectivity index (χ1n) is 4.63. The zero-order valence-corrected chi connectivity index (χ0v) is 10.7. The summed E-state index contributed by atoms with van der Waals surface area (Å²) in [6.07, 6.45) is 1.56. The molecule has 0 aliphatic carbocycles. The van der Waals surface area contributed by atoms with Crippen molar-refractivity contribution >= 4 is 34.8 Å². The fourth-order valence-corrected chi connectivity index (χ4v) is 1.94. The minimum Gasteiger partial charge on any atom is -0.243 e. The molecule has 0 aliphatic heterocycles. The molecule has 0 saturated carbocycles. The highest BCUT2D eigenvalue weighted by atomic mass is 35.5. The molecular weight excluding hydrogens is 279 g/mol.